The summed E-state index contributed by atoms with van der Waals surface area (Å²) in [6.45, 7) is 3.51. The molecule has 0 saturated carbocycles. The van der Waals surface area contributed by atoms with Crippen molar-refractivity contribution < 1.29 is 8.42 Å². The lowest BCUT2D eigenvalue weighted by atomic mass is 10.3. The maximum atomic E-state index is 12.3. The van der Waals surface area contributed by atoms with Gasteiger partial charge in [0.05, 0.1) is 4.47 Å². The van der Waals surface area contributed by atoms with Crippen LogP contribution < -0.4 is 10.0 Å². The van der Waals surface area contributed by atoms with Crippen molar-refractivity contribution >= 4 is 43.1 Å². The van der Waals surface area contributed by atoms with E-state index in [9.17, 15) is 8.42 Å². The van der Waals surface area contributed by atoms with Gasteiger partial charge in [0.15, 0.2) is 5.82 Å². The molecule has 2 aromatic rings. The molecule has 0 aliphatic carbocycles. The molecule has 0 spiro atoms. The molecule has 108 valence electrons. The van der Waals surface area contributed by atoms with Gasteiger partial charge in [0, 0.05) is 12.7 Å². The van der Waals surface area contributed by atoms with E-state index >= 15 is 0 Å². The van der Waals surface area contributed by atoms with Crippen LogP contribution >= 0.6 is 27.3 Å². The minimum atomic E-state index is -3.59. The monoisotopic (exact) mass is 375 g/mol. The summed E-state index contributed by atoms with van der Waals surface area (Å²) in [4.78, 5) is 4.00. The van der Waals surface area contributed by atoms with Crippen LogP contribution in [0.4, 0.5) is 5.82 Å². The zero-order valence-electron chi connectivity index (χ0n) is 10.8. The second kappa shape index (κ2) is 6.66. The Bertz CT molecular complexity index is 686. The Labute approximate surface area is 130 Å². The summed E-state index contributed by atoms with van der Waals surface area (Å²) in [5.74, 6) is 0.286. The molecule has 0 radical (unpaired) electrons. The number of halogens is 1. The molecule has 0 fully saturated rings. The Morgan fingerprint density at radius 1 is 1.45 bits per heavy atom. The van der Waals surface area contributed by atoms with E-state index in [2.05, 4.69) is 31.0 Å². The number of nitrogens with zero attached hydrogens (tertiary/aromatic N) is 1. The van der Waals surface area contributed by atoms with Crippen molar-refractivity contribution in [3.63, 3.8) is 0 Å². The summed E-state index contributed by atoms with van der Waals surface area (Å²) in [5.41, 5.74) is 0.956. The molecule has 0 unspecified atom stereocenters. The van der Waals surface area contributed by atoms with Gasteiger partial charge in [0.25, 0.3) is 10.0 Å². The average Bonchev–Trinajstić information content (AvgIpc) is 2.88. The van der Waals surface area contributed by atoms with Crippen LogP contribution in [0.15, 0.2) is 38.5 Å². The number of anilines is 1. The molecular formula is C12H14BrN3O2S2. The SMILES string of the molecule is CCNCc1csc(S(=O)(=O)Nc2ncccc2Br)c1. The van der Waals surface area contributed by atoms with Gasteiger partial charge in [-0.15, -0.1) is 11.3 Å². The van der Waals surface area contributed by atoms with Crippen LogP contribution in [-0.2, 0) is 16.6 Å². The molecule has 0 saturated heterocycles. The third-order valence-electron chi connectivity index (χ3n) is 2.46. The van der Waals surface area contributed by atoms with E-state index in [1.54, 1.807) is 18.2 Å². The zero-order chi connectivity index (χ0) is 14.6. The third kappa shape index (κ3) is 3.78. The molecule has 2 aromatic heterocycles. The Morgan fingerprint density at radius 2 is 2.25 bits per heavy atom. The average molecular weight is 376 g/mol. The normalized spacial score (nSPS) is 11.5. The molecule has 0 aromatic carbocycles. The summed E-state index contributed by atoms with van der Waals surface area (Å²) < 4.78 is 27.9. The second-order valence-corrected chi connectivity index (χ2v) is 7.67. The van der Waals surface area contributed by atoms with Crippen LogP contribution in [0.25, 0.3) is 0 Å². The first kappa shape index (κ1) is 15.4. The van der Waals surface area contributed by atoms with Crippen molar-refractivity contribution in [2.45, 2.75) is 17.7 Å². The van der Waals surface area contributed by atoms with Crippen LogP contribution in [0, 0.1) is 0 Å². The molecule has 8 heteroatoms. The van der Waals surface area contributed by atoms with Gasteiger partial charge in [-0.3, -0.25) is 4.72 Å². The largest absolute Gasteiger partial charge is 0.313 e. The molecular weight excluding hydrogens is 362 g/mol. The highest BCUT2D eigenvalue weighted by molar-refractivity contribution is 9.10. The van der Waals surface area contributed by atoms with Gasteiger partial charge >= 0.3 is 0 Å². The minimum Gasteiger partial charge on any atom is -0.313 e. The molecule has 0 atom stereocenters. The van der Waals surface area contributed by atoms with Gasteiger partial charge in [-0.2, -0.15) is 0 Å². The molecule has 5 nitrogen and oxygen atoms in total. The summed E-state index contributed by atoms with van der Waals surface area (Å²) >= 11 is 4.46. The molecule has 0 aliphatic heterocycles. The van der Waals surface area contributed by atoms with Gasteiger partial charge in [-0.05, 0) is 51.6 Å². The first-order valence-corrected chi connectivity index (χ1v) is 9.10. The fraction of sp³-hybridized carbons (Fsp3) is 0.250. The van der Waals surface area contributed by atoms with Crippen molar-refractivity contribution in [2.75, 3.05) is 11.3 Å². The number of thiophene rings is 1. The molecule has 0 amide bonds. The summed E-state index contributed by atoms with van der Waals surface area (Å²) in [7, 11) is -3.59. The number of pyridine rings is 1. The molecule has 20 heavy (non-hydrogen) atoms. The third-order valence-corrected chi connectivity index (χ3v) is 5.93. The van der Waals surface area contributed by atoms with Gasteiger partial charge in [-0.25, -0.2) is 13.4 Å². The number of hydrogen-bond acceptors (Lipinski definition) is 5. The van der Waals surface area contributed by atoms with Crippen LogP contribution in [0.3, 0.4) is 0 Å². The lowest BCUT2D eigenvalue weighted by molar-refractivity contribution is 0.603. The lowest BCUT2D eigenvalue weighted by Crippen LogP contribution is -2.13. The van der Waals surface area contributed by atoms with E-state index in [-0.39, 0.29) is 10.0 Å². The van der Waals surface area contributed by atoms with Crippen LogP contribution in [-0.4, -0.2) is 19.9 Å². The predicted octanol–water partition coefficient (Wildman–Crippen LogP) is 2.82. The van der Waals surface area contributed by atoms with Gasteiger partial charge in [0.2, 0.25) is 0 Å². The molecule has 2 N–H and O–H groups in total. The Kier molecular flexibility index (Phi) is 5.14. The fourth-order valence-corrected chi connectivity index (χ4v) is 4.22. The van der Waals surface area contributed by atoms with Crippen LogP contribution in [0.2, 0.25) is 0 Å². The Balaban J connectivity index is 2.18. The van der Waals surface area contributed by atoms with Crippen molar-refractivity contribution in [3.05, 3.63) is 39.8 Å². The van der Waals surface area contributed by atoms with Gasteiger partial charge in [0.1, 0.15) is 4.21 Å². The highest BCUT2D eigenvalue weighted by atomic mass is 79.9. The van der Waals surface area contributed by atoms with E-state index < -0.39 is 10.0 Å². The summed E-state index contributed by atoms with van der Waals surface area (Å²) in [5, 5.41) is 5.00. The fourth-order valence-electron chi connectivity index (χ4n) is 1.49. The van der Waals surface area contributed by atoms with Crippen molar-refractivity contribution in [1.82, 2.24) is 10.3 Å². The maximum absolute atomic E-state index is 12.3. The van der Waals surface area contributed by atoms with E-state index in [0.29, 0.717) is 11.0 Å². The molecule has 2 heterocycles. The first-order chi connectivity index (χ1) is 9.53. The number of nitrogens with one attached hydrogen (secondary N) is 2. The summed E-state index contributed by atoms with van der Waals surface area (Å²) in [6, 6.07) is 5.13. The number of hydrogen-bond donors (Lipinski definition) is 2. The highest BCUT2D eigenvalue weighted by Gasteiger charge is 2.18. The van der Waals surface area contributed by atoms with Crippen LogP contribution in [0.1, 0.15) is 12.5 Å². The molecule has 0 aliphatic rings. The number of aromatic nitrogens is 1. The quantitative estimate of drug-likeness (QED) is 0.814. The zero-order valence-corrected chi connectivity index (χ0v) is 14.0. The predicted molar refractivity (Wildman–Crippen MR) is 84.4 cm³/mol. The van der Waals surface area contributed by atoms with Crippen molar-refractivity contribution in [2.24, 2.45) is 0 Å². The van der Waals surface area contributed by atoms with E-state index in [1.807, 2.05) is 12.3 Å². The highest BCUT2D eigenvalue weighted by Crippen LogP contribution is 2.25. The Morgan fingerprint density at radius 3 is 2.95 bits per heavy atom. The first-order valence-electron chi connectivity index (χ1n) is 5.94. The van der Waals surface area contributed by atoms with Crippen LogP contribution in [0.5, 0.6) is 0 Å². The van der Waals surface area contributed by atoms with E-state index in [4.69, 9.17) is 0 Å². The topological polar surface area (TPSA) is 71.1 Å². The maximum Gasteiger partial charge on any atom is 0.272 e. The van der Waals surface area contributed by atoms with E-state index in [1.165, 1.54) is 17.5 Å². The Hall–Kier alpha value is -0.960. The smallest absolute Gasteiger partial charge is 0.272 e. The van der Waals surface area contributed by atoms with Crippen molar-refractivity contribution in [1.29, 1.82) is 0 Å². The minimum absolute atomic E-state index is 0.281. The van der Waals surface area contributed by atoms with E-state index in [0.717, 1.165) is 12.1 Å². The van der Waals surface area contributed by atoms with Crippen molar-refractivity contribution in [3.8, 4) is 0 Å². The second-order valence-electron chi connectivity index (χ2n) is 3.99. The molecule has 2 rings (SSSR count). The van der Waals surface area contributed by atoms with Gasteiger partial charge < -0.3 is 5.32 Å². The lowest BCUT2D eigenvalue weighted by Gasteiger charge is -2.06. The number of rotatable bonds is 6. The summed E-state index contributed by atoms with van der Waals surface area (Å²) in [6.07, 6.45) is 1.54. The standard InChI is InChI=1S/C12H14BrN3O2S2/c1-2-14-7-9-6-11(19-8-9)20(17,18)16-12-10(13)4-3-5-15-12/h3-6,8,14H,2,7H2,1H3,(H,15,16). The van der Waals surface area contributed by atoms with Gasteiger partial charge in [-0.1, -0.05) is 6.92 Å². The number of sulfonamides is 1. The molecule has 0 bridgehead atoms.